The van der Waals surface area contributed by atoms with Gasteiger partial charge in [0.2, 0.25) is 0 Å². The molecule has 16 heavy (non-hydrogen) atoms. The maximum Gasteiger partial charge on any atom is 0.0622 e. The summed E-state index contributed by atoms with van der Waals surface area (Å²) in [6.45, 7) is 13.7. The second kappa shape index (κ2) is 7.29. The van der Waals surface area contributed by atoms with Crippen molar-refractivity contribution in [1.29, 1.82) is 0 Å². The molecule has 1 saturated heterocycles. The van der Waals surface area contributed by atoms with E-state index in [9.17, 15) is 0 Å². The third kappa shape index (κ3) is 5.31. The molecule has 1 rings (SSSR count). The van der Waals surface area contributed by atoms with Gasteiger partial charge in [-0.3, -0.25) is 4.90 Å². The molecule has 1 aliphatic rings. The number of hydrogen-bond donors (Lipinski definition) is 0. The van der Waals surface area contributed by atoms with Crippen molar-refractivity contribution in [1.82, 2.24) is 4.90 Å². The predicted octanol–water partition coefficient (Wildman–Crippen LogP) is 3.17. The van der Waals surface area contributed by atoms with E-state index in [1.807, 2.05) is 0 Å². The van der Waals surface area contributed by atoms with E-state index in [2.05, 4.69) is 32.6 Å². The molecule has 1 heterocycles. The highest BCUT2D eigenvalue weighted by Crippen LogP contribution is 2.16. The monoisotopic (exact) mass is 227 g/mol. The third-order valence-corrected chi connectivity index (χ3v) is 3.41. The highest BCUT2D eigenvalue weighted by molar-refractivity contribution is 4.76. The van der Waals surface area contributed by atoms with Gasteiger partial charge in [0.1, 0.15) is 0 Å². The van der Waals surface area contributed by atoms with Crippen molar-refractivity contribution in [2.75, 3.05) is 26.3 Å². The van der Waals surface area contributed by atoms with E-state index in [0.717, 1.165) is 25.0 Å². The van der Waals surface area contributed by atoms with E-state index in [1.165, 1.54) is 32.4 Å². The Morgan fingerprint density at radius 3 is 2.00 bits per heavy atom. The van der Waals surface area contributed by atoms with E-state index >= 15 is 0 Å². The van der Waals surface area contributed by atoms with E-state index in [1.54, 1.807) is 0 Å². The van der Waals surface area contributed by atoms with Gasteiger partial charge >= 0.3 is 0 Å². The van der Waals surface area contributed by atoms with Crippen molar-refractivity contribution in [3.8, 4) is 0 Å². The smallest absolute Gasteiger partial charge is 0.0622 e. The summed E-state index contributed by atoms with van der Waals surface area (Å²) in [5, 5.41) is 0. The average Bonchev–Trinajstić information content (AvgIpc) is 2.70. The Balaban J connectivity index is 2.34. The molecular weight excluding hydrogens is 198 g/mol. The molecule has 1 aliphatic heterocycles. The average molecular weight is 227 g/mol. The molecule has 1 atom stereocenters. The zero-order valence-electron chi connectivity index (χ0n) is 11.5. The number of ether oxygens (including phenoxy) is 1. The Kier molecular flexibility index (Phi) is 6.37. The van der Waals surface area contributed by atoms with Crippen LogP contribution in [0.3, 0.4) is 0 Å². The largest absolute Gasteiger partial charge is 0.380 e. The van der Waals surface area contributed by atoms with Crippen molar-refractivity contribution < 1.29 is 4.74 Å². The van der Waals surface area contributed by atoms with Gasteiger partial charge in [0.15, 0.2) is 0 Å². The Labute approximate surface area is 101 Å². The molecule has 96 valence electrons. The lowest BCUT2D eigenvalue weighted by Crippen LogP contribution is -2.38. The first kappa shape index (κ1) is 14.0. The van der Waals surface area contributed by atoms with Crippen LogP contribution in [0.4, 0.5) is 0 Å². The fourth-order valence-corrected chi connectivity index (χ4v) is 2.14. The Hall–Kier alpha value is -0.0800. The first-order valence-electron chi connectivity index (χ1n) is 6.91. The molecule has 0 aromatic carbocycles. The topological polar surface area (TPSA) is 12.5 Å². The number of hydrogen-bond acceptors (Lipinski definition) is 2. The zero-order valence-corrected chi connectivity index (χ0v) is 11.5. The van der Waals surface area contributed by atoms with Crippen LogP contribution in [0.5, 0.6) is 0 Å². The first-order chi connectivity index (χ1) is 7.59. The molecule has 0 radical (unpaired) electrons. The normalized spacial score (nSPS) is 21.6. The summed E-state index contributed by atoms with van der Waals surface area (Å²) < 4.78 is 5.51. The van der Waals surface area contributed by atoms with Gasteiger partial charge in [-0.15, -0.1) is 0 Å². The van der Waals surface area contributed by atoms with Crippen molar-refractivity contribution >= 4 is 0 Å². The first-order valence-corrected chi connectivity index (χ1v) is 6.91. The summed E-state index contributed by atoms with van der Waals surface area (Å²) in [6.07, 6.45) is 3.86. The molecule has 2 heteroatoms. The fourth-order valence-electron chi connectivity index (χ4n) is 2.14. The maximum atomic E-state index is 5.51. The molecule has 1 unspecified atom stereocenters. The van der Waals surface area contributed by atoms with Gasteiger partial charge in [-0.05, 0) is 44.2 Å². The summed E-state index contributed by atoms with van der Waals surface area (Å²) >= 11 is 0. The molecular formula is C14H29NO. The lowest BCUT2D eigenvalue weighted by atomic mass is 10.1. The molecule has 0 saturated carbocycles. The summed E-state index contributed by atoms with van der Waals surface area (Å²) in [7, 11) is 0. The SMILES string of the molecule is CC(C)CCN(CCC(C)C)C1CCOC1. The van der Waals surface area contributed by atoms with Gasteiger partial charge in [0.05, 0.1) is 6.61 Å². The minimum atomic E-state index is 0.692. The lowest BCUT2D eigenvalue weighted by Gasteiger charge is -2.29. The molecule has 0 aromatic heterocycles. The fraction of sp³-hybridized carbons (Fsp3) is 1.00. The number of rotatable bonds is 7. The van der Waals surface area contributed by atoms with Crippen LogP contribution >= 0.6 is 0 Å². The highest BCUT2D eigenvalue weighted by Gasteiger charge is 2.22. The second-order valence-corrected chi connectivity index (χ2v) is 5.92. The van der Waals surface area contributed by atoms with Crippen molar-refractivity contribution in [3.63, 3.8) is 0 Å². The predicted molar refractivity (Wildman–Crippen MR) is 69.7 cm³/mol. The highest BCUT2D eigenvalue weighted by atomic mass is 16.5. The quantitative estimate of drug-likeness (QED) is 0.662. The molecule has 0 aliphatic carbocycles. The second-order valence-electron chi connectivity index (χ2n) is 5.92. The van der Waals surface area contributed by atoms with Crippen molar-refractivity contribution in [3.05, 3.63) is 0 Å². The molecule has 0 bridgehead atoms. The van der Waals surface area contributed by atoms with E-state index in [4.69, 9.17) is 4.74 Å². The molecule has 2 nitrogen and oxygen atoms in total. The zero-order chi connectivity index (χ0) is 12.0. The van der Waals surface area contributed by atoms with Crippen LogP contribution < -0.4 is 0 Å². The van der Waals surface area contributed by atoms with Crippen LogP contribution in [0, 0.1) is 11.8 Å². The standard InChI is InChI=1S/C14H29NO/c1-12(2)5-8-15(9-6-13(3)4)14-7-10-16-11-14/h12-14H,5-11H2,1-4H3. The minimum Gasteiger partial charge on any atom is -0.380 e. The van der Waals surface area contributed by atoms with Gasteiger partial charge in [0.25, 0.3) is 0 Å². The van der Waals surface area contributed by atoms with Crippen molar-refractivity contribution in [2.24, 2.45) is 11.8 Å². The van der Waals surface area contributed by atoms with Crippen LogP contribution in [0.1, 0.15) is 47.0 Å². The van der Waals surface area contributed by atoms with Crippen molar-refractivity contribution in [2.45, 2.75) is 53.0 Å². The molecule has 0 amide bonds. The Morgan fingerprint density at radius 2 is 1.62 bits per heavy atom. The van der Waals surface area contributed by atoms with E-state index < -0.39 is 0 Å². The van der Waals surface area contributed by atoms with Crippen LogP contribution in [-0.2, 0) is 4.74 Å². The van der Waals surface area contributed by atoms with Crippen LogP contribution in [0.15, 0.2) is 0 Å². The van der Waals surface area contributed by atoms with Crippen LogP contribution in [0.25, 0.3) is 0 Å². The van der Waals surface area contributed by atoms with Gasteiger partial charge in [-0.2, -0.15) is 0 Å². The van der Waals surface area contributed by atoms with Gasteiger partial charge < -0.3 is 4.74 Å². The van der Waals surface area contributed by atoms with Crippen LogP contribution in [0.2, 0.25) is 0 Å². The molecule has 0 aromatic rings. The number of nitrogens with zero attached hydrogens (tertiary/aromatic N) is 1. The Morgan fingerprint density at radius 1 is 1.06 bits per heavy atom. The molecule has 0 N–H and O–H groups in total. The molecule has 0 spiro atoms. The van der Waals surface area contributed by atoms with E-state index in [-0.39, 0.29) is 0 Å². The van der Waals surface area contributed by atoms with E-state index in [0.29, 0.717) is 6.04 Å². The summed E-state index contributed by atoms with van der Waals surface area (Å²) in [6, 6.07) is 0.692. The van der Waals surface area contributed by atoms with Gasteiger partial charge in [0, 0.05) is 12.6 Å². The van der Waals surface area contributed by atoms with Gasteiger partial charge in [-0.1, -0.05) is 27.7 Å². The maximum absolute atomic E-state index is 5.51. The summed E-state index contributed by atoms with van der Waals surface area (Å²) in [4.78, 5) is 2.66. The van der Waals surface area contributed by atoms with Gasteiger partial charge in [-0.25, -0.2) is 0 Å². The van der Waals surface area contributed by atoms with Crippen LogP contribution in [-0.4, -0.2) is 37.2 Å². The molecule has 1 fully saturated rings. The Bertz CT molecular complexity index is 162. The summed E-state index contributed by atoms with van der Waals surface area (Å²) in [5.41, 5.74) is 0. The minimum absolute atomic E-state index is 0.692. The lowest BCUT2D eigenvalue weighted by molar-refractivity contribution is 0.135. The third-order valence-electron chi connectivity index (χ3n) is 3.41. The summed E-state index contributed by atoms with van der Waals surface area (Å²) in [5.74, 6) is 1.62.